The number of amides is 4. The van der Waals surface area contributed by atoms with Crippen LogP contribution in [0, 0.1) is 0 Å². The molecular formula is C22H26N2O6. The number of esters is 1. The number of benzene rings is 1. The van der Waals surface area contributed by atoms with Crippen LogP contribution in [0.1, 0.15) is 46.1 Å². The third-order valence-electron chi connectivity index (χ3n) is 4.96. The standard InChI is InChI=1S/C22H26N2O6/c1-5-29-17(25)16-11-12-22(13-16)18(26)23(14-15-9-7-6-8-10-15)19(27)24(22)20(28)30-21(2,3)4/h6-11H,5,12-14H2,1-4H3/t22-/m0/s1. The molecule has 0 N–H and O–H groups in total. The van der Waals surface area contributed by atoms with E-state index in [0.29, 0.717) is 0 Å². The third kappa shape index (κ3) is 3.94. The molecule has 1 aliphatic heterocycles. The van der Waals surface area contributed by atoms with E-state index < -0.39 is 35.1 Å². The van der Waals surface area contributed by atoms with Gasteiger partial charge in [0.05, 0.1) is 13.2 Å². The van der Waals surface area contributed by atoms with Gasteiger partial charge in [0.1, 0.15) is 11.1 Å². The van der Waals surface area contributed by atoms with Crippen molar-refractivity contribution in [2.75, 3.05) is 6.61 Å². The molecule has 8 heteroatoms. The van der Waals surface area contributed by atoms with Gasteiger partial charge < -0.3 is 9.47 Å². The maximum atomic E-state index is 13.4. The minimum atomic E-state index is -1.52. The van der Waals surface area contributed by atoms with Crippen LogP contribution in [0.4, 0.5) is 9.59 Å². The molecule has 4 amide bonds. The fourth-order valence-corrected chi connectivity index (χ4v) is 3.67. The molecule has 1 aromatic carbocycles. The summed E-state index contributed by atoms with van der Waals surface area (Å²) < 4.78 is 10.5. The van der Waals surface area contributed by atoms with Gasteiger partial charge in [-0.15, -0.1) is 0 Å². The van der Waals surface area contributed by atoms with Crippen molar-refractivity contribution in [3.63, 3.8) is 0 Å². The van der Waals surface area contributed by atoms with E-state index >= 15 is 0 Å². The predicted molar refractivity (Wildman–Crippen MR) is 107 cm³/mol. The summed E-state index contributed by atoms with van der Waals surface area (Å²) in [6.07, 6.45) is 0.596. The molecule has 3 rings (SSSR count). The highest BCUT2D eigenvalue weighted by Gasteiger charge is 2.62. The van der Waals surface area contributed by atoms with Crippen LogP contribution >= 0.6 is 0 Å². The number of ether oxygens (including phenoxy) is 2. The van der Waals surface area contributed by atoms with E-state index in [1.807, 2.05) is 6.07 Å². The maximum absolute atomic E-state index is 13.4. The van der Waals surface area contributed by atoms with Gasteiger partial charge in [-0.05, 0) is 39.7 Å². The molecule has 2 aliphatic rings. The van der Waals surface area contributed by atoms with Crippen LogP contribution in [0.2, 0.25) is 0 Å². The summed E-state index contributed by atoms with van der Waals surface area (Å²) >= 11 is 0. The summed E-state index contributed by atoms with van der Waals surface area (Å²) in [5, 5.41) is 0. The quantitative estimate of drug-likeness (QED) is 0.554. The van der Waals surface area contributed by atoms with Gasteiger partial charge in [0.15, 0.2) is 0 Å². The number of hydrogen-bond acceptors (Lipinski definition) is 6. The first-order chi connectivity index (χ1) is 14.1. The lowest BCUT2D eigenvalue weighted by Crippen LogP contribution is -2.52. The molecule has 0 saturated carbocycles. The fourth-order valence-electron chi connectivity index (χ4n) is 3.67. The molecular weight excluding hydrogens is 388 g/mol. The second-order valence-electron chi connectivity index (χ2n) is 8.34. The van der Waals surface area contributed by atoms with E-state index in [-0.39, 0.29) is 31.6 Å². The van der Waals surface area contributed by atoms with Crippen molar-refractivity contribution in [1.29, 1.82) is 0 Å². The Bertz CT molecular complexity index is 902. The Kier molecular flexibility index (Phi) is 5.70. The molecule has 1 aromatic rings. The summed E-state index contributed by atoms with van der Waals surface area (Å²) in [5.41, 5.74) is -1.36. The first-order valence-electron chi connectivity index (χ1n) is 9.88. The maximum Gasteiger partial charge on any atom is 0.419 e. The van der Waals surface area contributed by atoms with E-state index in [2.05, 4.69) is 0 Å². The van der Waals surface area contributed by atoms with Gasteiger partial charge in [-0.1, -0.05) is 36.4 Å². The molecule has 0 unspecified atom stereocenters. The topological polar surface area (TPSA) is 93.2 Å². The Morgan fingerprint density at radius 2 is 1.80 bits per heavy atom. The predicted octanol–water partition coefficient (Wildman–Crippen LogP) is 3.41. The van der Waals surface area contributed by atoms with Crippen LogP contribution in [0.25, 0.3) is 0 Å². The SMILES string of the molecule is CCOC(=O)C1=CC[C@]2(C1)C(=O)N(Cc1ccccc1)C(=O)N2C(=O)OC(C)(C)C. The summed E-state index contributed by atoms with van der Waals surface area (Å²) in [6, 6.07) is 8.27. The summed E-state index contributed by atoms with van der Waals surface area (Å²) in [7, 11) is 0. The van der Waals surface area contributed by atoms with E-state index in [1.165, 1.54) is 0 Å². The zero-order chi connectivity index (χ0) is 22.1. The number of carbonyl (C=O) groups is 4. The summed E-state index contributed by atoms with van der Waals surface area (Å²) in [4.78, 5) is 53.7. The molecule has 1 spiro atoms. The second kappa shape index (κ2) is 7.93. The van der Waals surface area contributed by atoms with Crippen LogP contribution in [0.5, 0.6) is 0 Å². The molecule has 160 valence electrons. The largest absolute Gasteiger partial charge is 0.463 e. The molecule has 30 heavy (non-hydrogen) atoms. The van der Waals surface area contributed by atoms with E-state index in [4.69, 9.17) is 9.47 Å². The number of carbonyl (C=O) groups excluding carboxylic acids is 4. The lowest BCUT2D eigenvalue weighted by Gasteiger charge is -2.31. The lowest BCUT2D eigenvalue weighted by atomic mass is 9.93. The Labute approximate surface area is 175 Å². The zero-order valence-corrected chi connectivity index (χ0v) is 17.6. The van der Waals surface area contributed by atoms with Crippen LogP contribution in [0.3, 0.4) is 0 Å². The van der Waals surface area contributed by atoms with Gasteiger partial charge in [-0.25, -0.2) is 19.3 Å². The van der Waals surface area contributed by atoms with E-state index in [0.717, 1.165) is 15.4 Å². The van der Waals surface area contributed by atoms with Gasteiger partial charge in [0, 0.05) is 12.0 Å². The highest BCUT2D eigenvalue weighted by atomic mass is 16.6. The zero-order valence-electron chi connectivity index (χ0n) is 17.6. The first kappa shape index (κ1) is 21.5. The molecule has 8 nitrogen and oxygen atoms in total. The molecule has 1 aliphatic carbocycles. The van der Waals surface area contributed by atoms with Crippen molar-refractivity contribution >= 4 is 24.0 Å². The molecule has 1 atom stereocenters. The Morgan fingerprint density at radius 1 is 1.13 bits per heavy atom. The molecule has 0 bridgehead atoms. The number of hydrogen-bond donors (Lipinski definition) is 0. The average Bonchev–Trinajstić information content (AvgIpc) is 3.18. The van der Waals surface area contributed by atoms with Crippen molar-refractivity contribution in [3.8, 4) is 0 Å². The van der Waals surface area contributed by atoms with Gasteiger partial charge >= 0.3 is 18.1 Å². The van der Waals surface area contributed by atoms with Crippen molar-refractivity contribution < 1.29 is 28.7 Å². The van der Waals surface area contributed by atoms with Gasteiger partial charge in [0.25, 0.3) is 5.91 Å². The smallest absolute Gasteiger partial charge is 0.419 e. The van der Waals surface area contributed by atoms with Gasteiger partial charge in [-0.2, -0.15) is 0 Å². The molecule has 0 aromatic heterocycles. The summed E-state index contributed by atoms with van der Waals surface area (Å²) in [6.45, 7) is 6.93. The minimum Gasteiger partial charge on any atom is -0.463 e. The second-order valence-corrected chi connectivity index (χ2v) is 8.34. The molecule has 1 saturated heterocycles. The third-order valence-corrected chi connectivity index (χ3v) is 4.96. The number of urea groups is 1. The van der Waals surface area contributed by atoms with Crippen LogP contribution in [-0.4, -0.2) is 51.5 Å². The number of nitrogens with zero attached hydrogens (tertiary/aromatic N) is 2. The normalized spacial score (nSPS) is 21.3. The number of rotatable bonds is 4. The first-order valence-corrected chi connectivity index (χ1v) is 9.88. The van der Waals surface area contributed by atoms with Crippen LogP contribution in [-0.2, 0) is 25.6 Å². The molecule has 0 radical (unpaired) electrons. The molecule has 1 fully saturated rings. The number of imide groups is 2. The Morgan fingerprint density at radius 3 is 2.40 bits per heavy atom. The minimum absolute atomic E-state index is 0.0221. The van der Waals surface area contributed by atoms with E-state index in [1.54, 1.807) is 58.0 Å². The monoisotopic (exact) mass is 414 g/mol. The highest BCUT2D eigenvalue weighted by molar-refractivity contribution is 6.14. The summed E-state index contributed by atoms with van der Waals surface area (Å²) in [5.74, 6) is -1.09. The Balaban J connectivity index is 1.95. The fraction of sp³-hybridized carbons (Fsp3) is 0.455. The highest BCUT2D eigenvalue weighted by Crippen LogP contribution is 2.43. The van der Waals surface area contributed by atoms with Crippen molar-refractivity contribution in [1.82, 2.24) is 9.80 Å². The van der Waals surface area contributed by atoms with Crippen molar-refractivity contribution in [3.05, 3.63) is 47.5 Å². The molecule has 1 heterocycles. The van der Waals surface area contributed by atoms with E-state index in [9.17, 15) is 19.2 Å². The van der Waals surface area contributed by atoms with Crippen molar-refractivity contribution in [2.24, 2.45) is 0 Å². The van der Waals surface area contributed by atoms with Crippen LogP contribution < -0.4 is 0 Å². The van der Waals surface area contributed by atoms with Crippen LogP contribution in [0.15, 0.2) is 42.0 Å². The lowest BCUT2D eigenvalue weighted by molar-refractivity contribution is -0.139. The average molecular weight is 414 g/mol. The van der Waals surface area contributed by atoms with Gasteiger partial charge in [0.2, 0.25) is 0 Å². The van der Waals surface area contributed by atoms with Crippen molar-refractivity contribution in [2.45, 2.75) is 58.2 Å². The van der Waals surface area contributed by atoms with Gasteiger partial charge in [-0.3, -0.25) is 9.69 Å². The Hall–Kier alpha value is -3.16.